The maximum atomic E-state index is 11.6. The van der Waals surface area contributed by atoms with Gasteiger partial charge in [-0.05, 0) is 29.8 Å². The topological polar surface area (TPSA) is 77.9 Å². The lowest BCUT2D eigenvalue weighted by Gasteiger charge is -2.34. The van der Waals surface area contributed by atoms with Gasteiger partial charge in [0.2, 0.25) is 0 Å². The van der Waals surface area contributed by atoms with E-state index in [1.165, 1.54) is 11.1 Å². The summed E-state index contributed by atoms with van der Waals surface area (Å²) in [6.07, 6.45) is 1.19. The Labute approximate surface area is 101 Å². The molecule has 16 heavy (non-hydrogen) atoms. The Morgan fingerprint density at radius 2 is 2.06 bits per heavy atom. The van der Waals surface area contributed by atoms with Crippen molar-refractivity contribution in [1.29, 1.82) is 0 Å². The van der Waals surface area contributed by atoms with Crippen molar-refractivity contribution in [3.05, 3.63) is 10.7 Å². The average Bonchev–Trinajstić information content (AvgIpc) is 2.20. The number of carbonyl (C=O) groups excluding carboxylic acids is 2. The van der Waals surface area contributed by atoms with E-state index in [0.29, 0.717) is 0 Å². The van der Waals surface area contributed by atoms with Crippen LogP contribution in [0.2, 0.25) is 0 Å². The number of carboxylic acids is 1. The third kappa shape index (κ3) is 2.41. The first-order valence-electron chi connectivity index (χ1n) is 4.56. The van der Waals surface area contributed by atoms with E-state index in [1.807, 2.05) is 0 Å². The molecular formula is C9H11BrN2O4. The summed E-state index contributed by atoms with van der Waals surface area (Å²) in [5.41, 5.74) is 0. The maximum Gasteiger partial charge on any atom is 0.395 e. The zero-order chi connectivity index (χ0) is 12.5. The Hall–Kier alpha value is -1.37. The van der Waals surface area contributed by atoms with Gasteiger partial charge in [0.25, 0.3) is 5.91 Å². The van der Waals surface area contributed by atoms with Crippen molar-refractivity contribution in [3.8, 4) is 0 Å². The summed E-state index contributed by atoms with van der Waals surface area (Å²) in [5.74, 6) is -2.87. The highest BCUT2D eigenvalue weighted by Crippen LogP contribution is 2.19. The molecule has 0 atom stereocenters. The molecule has 0 saturated carbocycles. The van der Waals surface area contributed by atoms with Crippen LogP contribution in [0.5, 0.6) is 0 Å². The van der Waals surface area contributed by atoms with Crippen LogP contribution in [-0.2, 0) is 14.4 Å². The van der Waals surface area contributed by atoms with Crippen molar-refractivity contribution in [1.82, 2.24) is 9.80 Å². The quantitative estimate of drug-likeness (QED) is 0.707. The molecule has 1 N–H and O–H groups in total. The summed E-state index contributed by atoms with van der Waals surface area (Å²) < 4.78 is 0.169. The maximum absolute atomic E-state index is 11.6. The molecule has 1 heterocycles. The zero-order valence-corrected chi connectivity index (χ0v) is 10.4. The first-order valence-corrected chi connectivity index (χ1v) is 5.36. The fraction of sp³-hybridized carbons (Fsp3) is 0.444. The van der Waals surface area contributed by atoms with Crippen LogP contribution in [0.3, 0.4) is 0 Å². The molecule has 0 bridgehead atoms. The molecule has 2 amide bonds. The van der Waals surface area contributed by atoms with Crippen molar-refractivity contribution in [2.45, 2.75) is 19.9 Å². The number of hydrogen-bond acceptors (Lipinski definition) is 3. The Morgan fingerprint density at radius 3 is 2.50 bits per heavy atom. The van der Waals surface area contributed by atoms with Gasteiger partial charge in [-0.25, -0.2) is 4.79 Å². The summed E-state index contributed by atoms with van der Waals surface area (Å²) in [5, 5.41) is 8.57. The fourth-order valence-corrected chi connectivity index (χ4v) is 1.72. The van der Waals surface area contributed by atoms with Crippen LogP contribution in [0, 0.1) is 0 Å². The molecule has 0 aromatic carbocycles. The SMILES string of the molecule is CC(C)N1CN(C(=O)C(=O)O)C=C(Br)C1=O. The van der Waals surface area contributed by atoms with Crippen LogP contribution in [0.25, 0.3) is 0 Å². The number of aliphatic carboxylic acids is 1. The van der Waals surface area contributed by atoms with Gasteiger partial charge in [-0.15, -0.1) is 0 Å². The van der Waals surface area contributed by atoms with E-state index in [4.69, 9.17) is 5.11 Å². The molecule has 0 fully saturated rings. The highest BCUT2D eigenvalue weighted by Gasteiger charge is 2.31. The molecule has 0 saturated heterocycles. The summed E-state index contributed by atoms with van der Waals surface area (Å²) in [6.45, 7) is 3.52. The van der Waals surface area contributed by atoms with Crippen molar-refractivity contribution < 1.29 is 19.5 Å². The number of nitrogens with zero attached hydrogens (tertiary/aromatic N) is 2. The monoisotopic (exact) mass is 290 g/mol. The average molecular weight is 291 g/mol. The molecule has 88 valence electrons. The molecule has 0 radical (unpaired) electrons. The van der Waals surface area contributed by atoms with Gasteiger partial charge in [-0.3, -0.25) is 14.5 Å². The zero-order valence-electron chi connectivity index (χ0n) is 8.81. The third-order valence-corrected chi connectivity index (χ3v) is 2.65. The van der Waals surface area contributed by atoms with Crippen molar-refractivity contribution in [3.63, 3.8) is 0 Å². The van der Waals surface area contributed by atoms with E-state index in [2.05, 4.69) is 15.9 Å². The van der Waals surface area contributed by atoms with Gasteiger partial charge in [0.1, 0.15) is 6.67 Å². The summed E-state index contributed by atoms with van der Waals surface area (Å²) in [7, 11) is 0. The molecule has 6 nitrogen and oxygen atoms in total. The number of carbonyl (C=O) groups is 3. The normalized spacial score (nSPS) is 16.5. The number of halogens is 1. The second-order valence-electron chi connectivity index (χ2n) is 3.57. The van der Waals surface area contributed by atoms with Crippen molar-refractivity contribution >= 4 is 33.7 Å². The number of carboxylic acid groups (broad SMARTS) is 1. The molecule has 7 heteroatoms. The largest absolute Gasteiger partial charge is 0.474 e. The van der Waals surface area contributed by atoms with Crippen LogP contribution in [0.1, 0.15) is 13.8 Å². The van der Waals surface area contributed by atoms with Crippen LogP contribution in [-0.4, -0.2) is 45.4 Å². The molecular weight excluding hydrogens is 280 g/mol. The van der Waals surface area contributed by atoms with Gasteiger partial charge in [0.05, 0.1) is 4.48 Å². The Bertz CT molecular complexity index is 378. The van der Waals surface area contributed by atoms with E-state index < -0.39 is 11.9 Å². The highest BCUT2D eigenvalue weighted by molar-refractivity contribution is 9.12. The number of rotatable bonds is 1. The van der Waals surface area contributed by atoms with Crippen molar-refractivity contribution in [2.75, 3.05) is 6.67 Å². The smallest absolute Gasteiger partial charge is 0.395 e. The molecule has 1 aliphatic heterocycles. The minimum Gasteiger partial charge on any atom is -0.474 e. The predicted molar refractivity (Wildman–Crippen MR) is 58.3 cm³/mol. The van der Waals surface area contributed by atoms with E-state index in [1.54, 1.807) is 13.8 Å². The van der Waals surface area contributed by atoms with Gasteiger partial charge in [0.15, 0.2) is 0 Å². The lowest BCUT2D eigenvalue weighted by atomic mass is 10.3. The van der Waals surface area contributed by atoms with E-state index in [-0.39, 0.29) is 23.1 Å². The fourth-order valence-electron chi connectivity index (χ4n) is 1.24. The standard InChI is InChI=1S/C9H11BrN2O4/c1-5(2)12-4-11(8(14)9(15)16)3-6(10)7(12)13/h3,5H,4H2,1-2H3,(H,15,16). The lowest BCUT2D eigenvalue weighted by molar-refractivity contribution is -0.156. The van der Waals surface area contributed by atoms with Gasteiger partial charge < -0.3 is 10.0 Å². The number of amides is 2. The summed E-state index contributed by atoms with van der Waals surface area (Å²) in [6, 6.07) is -0.113. The molecule has 0 aromatic heterocycles. The van der Waals surface area contributed by atoms with E-state index >= 15 is 0 Å². The Morgan fingerprint density at radius 1 is 1.50 bits per heavy atom. The van der Waals surface area contributed by atoms with E-state index in [9.17, 15) is 14.4 Å². The van der Waals surface area contributed by atoms with Crippen LogP contribution < -0.4 is 0 Å². The molecule has 0 aromatic rings. The molecule has 1 aliphatic rings. The summed E-state index contributed by atoms with van der Waals surface area (Å²) >= 11 is 3.00. The van der Waals surface area contributed by atoms with Crippen LogP contribution >= 0.6 is 15.9 Å². The predicted octanol–water partition coefficient (Wildman–Crippen LogP) is 0.344. The third-order valence-electron chi connectivity index (χ3n) is 2.11. The first-order chi connectivity index (χ1) is 7.34. The second-order valence-corrected chi connectivity index (χ2v) is 4.42. The molecule has 0 aliphatic carbocycles. The first kappa shape index (κ1) is 12.7. The van der Waals surface area contributed by atoms with E-state index in [0.717, 1.165) is 4.90 Å². The summed E-state index contributed by atoms with van der Waals surface area (Å²) in [4.78, 5) is 35.8. The van der Waals surface area contributed by atoms with Crippen LogP contribution in [0.4, 0.5) is 0 Å². The van der Waals surface area contributed by atoms with Crippen LogP contribution in [0.15, 0.2) is 10.7 Å². The second kappa shape index (κ2) is 4.65. The molecule has 0 spiro atoms. The minimum atomic E-state index is -1.55. The highest BCUT2D eigenvalue weighted by atomic mass is 79.9. The Kier molecular flexibility index (Phi) is 3.69. The minimum absolute atomic E-state index is 0.0449. The van der Waals surface area contributed by atoms with Gasteiger partial charge in [-0.2, -0.15) is 0 Å². The van der Waals surface area contributed by atoms with Crippen molar-refractivity contribution in [2.24, 2.45) is 0 Å². The van der Waals surface area contributed by atoms with Gasteiger partial charge in [0, 0.05) is 12.2 Å². The molecule has 1 rings (SSSR count). The molecule has 0 unspecified atom stereocenters. The number of hydrogen-bond donors (Lipinski definition) is 1. The van der Waals surface area contributed by atoms with Gasteiger partial charge >= 0.3 is 11.9 Å². The van der Waals surface area contributed by atoms with Gasteiger partial charge in [-0.1, -0.05) is 0 Å². The lowest BCUT2D eigenvalue weighted by Crippen LogP contribution is -2.50. The Balaban J connectivity index is 2.97.